The van der Waals surface area contributed by atoms with Gasteiger partial charge < -0.3 is 15.7 Å². The highest BCUT2D eigenvalue weighted by Gasteiger charge is 2.36. The molecule has 2 amide bonds. The minimum Gasteiger partial charge on any atom is -0.385 e. The van der Waals surface area contributed by atoms with Crippen LogP contribution in [0.15, 0.2) is 54.6 Å². The molecule has 2 aliphatic carbocycles. The first-order chi connectivity index (χ1) is 13.5. The van der Waals surface area contributed by atoms with Crippen molar-refractivity contribution in [3.8, 4) is 0 Å². The van der Waals surface area contributed by atoms with E-state index in [4.69, 9.17) is 11.6 Å². The molecule has 4 rings (SSSR count). The van der Waals surface area contributed by atoms with Gasteiger partial charge in [0.1, 0.15) is 0 Å². The van der Waals surface area contributed by atoms with Crippen LogP contribution in [-0.4, -0.2) is 23.2 Å². The summed E-state index contributed by atoms with van der Waals surface area (Å²) < 4.78 is 0. The van der Waals surface area contributed by atoms with E-state index >= 15 is 0 Å². The first-order valence-electron chi connectivity index (χ1n) is 10.1. The smallest absolute Gasteiger partial charge is 0.315 e. The molecular weight excluding hydrogens is 372 g/mol. The van der Waals surface area contributed by atoms with Crippen molar-refractivity contribution in [1.29, 1.82) is 0 Å². The molecule has 5 heteroatoms. The number of hydrogen-bond acceptors (Lipinski definition) is 2. The molecule has 148 valence electrons. The quantitative estimate of drug-likeness (QED) is 0.698. The van der Waals surface area contributed by atoms with Gasteiger partial charge in [0, 0.05) is 17.1 Å². The van der Waals surface area contributed by atoms with Crippen molar-refractivity contribution in [2.75, 3.05) is 0 Å². The number of urea groups is 1. The molecule has 0 aromatic heterocycles. The van der Waals surface area contributed by atoms with Gasteiger partial charge in [-0.3, -0.25) is 0 Å². The van der Waals surface area contributed by atoms with Crippen LogP contribution in [0.5, 0.6) is 0 Å². The predicted octanol–water partition coefficient (Wildman–Crippen LogP) is 4.72. The molecule has 2 aromatic rings. The molecule has 2 aliphatic rings. The maximum absolute atomic E-state index is 12.3. The van der Waals surface area contributed by atoms with Crippen LogP contribution in [0.25, 0.3) is 0 Å². The SMILES string of the molecule is O=C(NC1CCC(O)(c2ccccc2)CC1)NC1CC(c2ccc(Cl)cc2)C1. The lowest BCUT2D eigenvalue weighted by molar-refractivity contribution is -0.00739. The van der Waals surface area contributed by atoms with Gasteiger partial charge in [-0.1, -0.05) is 54.1 Å². The Morgan fingerprint density at radius 1 is 0.929 bits per heavy atom. The van der Waals surface area contributed by atoms with Gasteiger partial charge in [-0.2, -0.15) is 0 Å². The molecule has 4 nitrogen and oxygen atoms in total. The van der Waals surface area contributed by atoms with Gasteiger partial charge >= 0.3 is 6.03 Å². The Hall–Kier alpha value is -2.04. The number of carbonyl (C=O) groups is 1. The van der Waals surface area contributed by atoms with Crippen LogP contribution in [0.3, 0.4) is 0 Å². The van der Waals surface area contributed by atoms with E-state index in [0.717, 1.165) is 36.3 Å². The Morgan fingerprint density at radius 3 is 2.18 bits per heavy atom. The second-order valence-electron chi connectivity index (χ2n) is 8.21. The lowest BCUT2D eigenvalue weighted by atomic mass is 9.76. The van der Waals surface area contributed by atoms with Crippen molar-refractivity contribution in [3.05, 3.63) is 70.7 Å². The van der Waals surface area contributed by atoms with Gasteiger partial charge in [-0.15, -0.1) is 0 Å². The van der Waals surface area contributed by atoms with E-state index < -0.39 is 5.60 Å². The molecule has 0 bridgehead atoms. The maximum atomic E-state index is 12.3. The zero-order valence-electron chi connectivity index (χ0n) is 15.9. The lowest BCUT2D eigenvalue weighted by Gasteiger charge is -2.38. The third kappa shape index (κ3) is 4.34. The summed E-state index contributed by atoms with van der Waals surface area (Å²) in [6.45, 7) is 0. The van der Waals surface area contributed by atoms with Crippen LogP contribution >= 0.6 is 11.6 Å². The predicted molar refractivity (Wildman–Crippen MR) is 111 cm³/mol. The van der Waals surface area contributed by atoms with Gasteiger partial charge in [0.15, 0.2) is 0 Å². The van der Waals surface area contributed by atoms with Gasteiger partial charge in [0.25, 0.3) is 0 Å². The van der Waals surface area contributed by atoms with Crippen LogP contribution < -0.4 is 10.6 Å². The van der Waals surface area contributed by atoms with Gasteiger partial charge in [0.05, 0.1) is 5.60 Å². The van der Waals surface area contributed by atoms with Crippen molar-refractivity contribution >= 4 is 17.6 Å². The first-order valence-corrected chi connectivity index (χ1v) is 10.5. The zero-order chi connectivity index (χ0) is 19.6. The highest BCUT2D eigenvalue weighted by atomic mass is 35.5. The first kappa shape index (κ1) is 19.3. The molecule has 3 N–H and O–H groups in total. The monoisotopic (exact) mass is 398 g/mol. The number of amides is 2. The van der Waals surface area contributed by atoms with E-state index in [1.807, 2.05) is 42.5 Å². The summed E-state index contributed by atoms with van der Waals surface area (Å²) in [4.78, 5) is 12.3. The molecule has 0 radical (unpaired) electrons. The van der Waals surface area contributed by atoms with Crippen LogP contribution in [0.2, 0.25) is 5.02 Å². The van der Waals surface area contributed by atoms with E-state index in [9.17, 15) is 9.90 Å². The molecule has 0 heterocycles. The number of rotatable bonds is 4. The minimum absolute atomic E-state index is 0.0882. The Bertz CT molecular complexity index is 795. The lowest BCUT2D eigenvalue weighted by Crippen LogP contribution is -2.51. The number of hydrogen-bond donors (Lipinski definition) is 3. The van der Waals surface area contributed by atoms with Crippen molar-refractivity contribution in [1.82, 2.24) is 10.6 Å². The number of nitrogens with one attached hydrogen (secondary N) is 2. The van der Waals surface area contributed by atoms with Gasteiger partial charge in [-0.25, -0.2) is 4.79 Å². The summed E-state index contributed by atoms with van der Waals surface area (Å²) in [6, 6.07) is 18.1. The third-order valence-electron chi connectivity index (χ3n) is 6.27. The third-order valence-corrected chi connectivity index (χ3v) is 6.53. The van der Waals surface area contributed by atoms with Crippen molar-refractivity contribution in [2.24, 2.45) is 0 Å². The van der Waals surface area contributed by atoms with Crippen LogP contribution in [-0.2, 0) is 5.60 Å². The fraction of sp³-hybridized carbons (Fsp3) is 0.435. The Kier molecular flexibility index (Phi) is 5.61. The topological polar surface area (TPSA) is 61.4 Å². The summed E-state index contributed by atoms with van der Waals surface area (Å²) in [5.41, 5.74) is 1.49. The molecule has 0 atom stereocenters. The summed E-state index contributed by atoms with van der Waals surface area (Å²) in [7, 11) is 0. The van der Waals surface area contributed by atoms with Gasteiger partial charge in [0.2, 0.25) is 0 Å². The fourth-order valence-electron chi connectivity index (χ4n) is 4.43. The molecule has 2 aromatic carbocycles. The molecule has 0 saturated heterocycles. The second kappa shape index (κ2) is 8.14. The highest BCUT2D eigenvalue weighted by Crippen LogP contribution is 2.38. The van der Waals surface area contributed by atoms with E-state index in [1.165, 1.54) is 5.56 Å². The van der Waals surface area contributed by atoms with Crippen LogP contribution in [0, 0.1) is 0 Å². The molecule has 0 aliphatic heterocycles. The Labute approximate surface area is 171 Å². The summed E-state index contributed by atoms with van der Waals surface area (Å²) in [6.07, 6.45) is 4.85. The molecular formula is C23H27ClN2O2. The second-order valence-corrected chi connectivity index (χ2v) is 8.64. The standard InChI is InChI=1S/C23H27ClN2O2/c24-19-8-6-16(7-9-19)17-14-21(15-17)26-22(27)25-20-10-12-23(28,13-11-20)18-4-2-1-3-5-18/h1-9,17,20-21,28H,10-15H2,(H2,25,26,27). The van der Waals surface area contributed by atoms with Crippen molar-refractivity contribution in [2.45, 2.75) is 62.1 Å². The van der Waals surface area contributed by atoms with Crippen LogP contribution in [0.1, 0.15) is 55.6 Å². The number of benzene rings is 2. The van der Waals surface area contributed by atoms with E-state index in [2.05, 4.69) is 22.8 Å². The summed E-state index contributed by atoms with van der Waals surface area (Å²) in [5, 5.41) is 17.8. The van der Waals surface area contributed by atoms with Crippen molar-refractivity contribution < 1.29 is 9.90 Å². The number of aliphatic hydroxyl groups is 1. The number of carbonyl (C=O) groups excluding carboxylic acids is 1. The molecule has 0 spiro atoms. The van der Waals surface area contributed by atoms with Crippen LogP contribution in [0.4, 0.5) is 4.79 Å². The molecule has 28 heavy (non-hydrogen) atoms. The highest BCUT2D eigenvalue weighted by molar-refractivity contribution is 6.30. The van der Waals surface area contributed by atoms with E-state index in [0.29, 0.717) is 18.8 Å². The zero-order valence-corrected chi connectivity index (χ0v) is 16.7. The van der Waals surface area contributed by atoms with Gasteiger partial charge in [-0.05, 0) is 67.7 Å². The summed E-state index contributed by atoms with van der Waals surface area (Å²) >= 11 is 5.94. The molecule has 0 unspecified atom stereocenters. The largest absolute Gasteiger partial charge is 0.385 e. The van der Waals surface area contributed by atoms with Crippen molar-refractivity contribution in [3.63, 3.8) is 0 Å². The number of halogens is 1. The fourth-order valence-corrected chi connectivity index (χ4v) is 4.56. The Balaban J connectivity index is 1.20. The van der Waals surface area contributed by atoms with E-state index in [1.54, 1.807) is 0 Å². The Morgan fingerprint density at radius 2 is 1.54 bits per heavy atom. The maximum Gasteiger partial charge on any atom is 0.315 e. The minimum atomic E-state index is -0.768. The van der Waals surface area contributed by atoms with E-state index in [-0.39, 0.29) is 18.1 Å². The molecule has 2 saturated carbocycles. The molecule has 2 fully saturated rings. The normalized spacial score (nSPS) is 29.6. The average Bonchev–Trinajstić information content (AvgIpc) is 2.68. The summed E-state index contributed by atoms with van der Waals surface area (Å²) in [5.74, 6) is 0.498. The average molecular weight is 399 g/mol.